The predicted octanol–water partition coefficient (Wildman–Crippen LogP) is 1.74. The van der Waals surface area contributed by atoms with Crippen molar-refractivity contribution in [1.82, 2.24) is 9.80 Å². The molecule has 0 amide bonds. The van der Waals surface area contributed by atoms with Crippen molar-refractivity contribution >= 4 is 11.7 Å². The van der Waals surface area contributed by atoms with E-state index in [4.69, 9.17) is 5.73 Å². The Bertz CT molecular complexity index is 573. The maximum Gasteiger partial charge on any atom is 0.165 e. The molecule has 0 saturated carbocycles. The van der Waals surface area contributed by atoms with Crippen LogP contribution in [0.25, 0.3) is 0 Å². The fourth-order valence-corrected chi connectivity index (χ4v) is 2.54. The minimum absolute atomic E-state index is 0.513. The van der Waals surface area contributed by atoms with Crippen LogP contribution in [-0.4, -0.2) is 34.7 Å². The summed E-state index contributed by atoms with van der Waals surface area (Å²) < 4.78 is 0. The fraction of sp³-hybridized carbons (Fsp3) is 0.333. The second-order valence-electron chi connectivity index (χ2n) is 5.09. The highest BCUT2D eigenvalue weighted by atomic mass is 15.4. The average Bonchev–Trinajstić information content (AvgIpc) is 2.83. The highest BCUT2D eigenvalue weighted by Crippen LogP contribution is 2.20. The fourth-order valence-electron chi connectivity index (χ4n) is 2.54. The molecule has 5 heteroatoms. The largest absolute Gasteiger partial charge is 0.382 e. The minimum atomic E-state index is 0.513. The van der Waals surface area contributed by atoms with Gasteiger partial charge in [-0.25, -0.2) is 0 Å². The molecule has 3 rings (SSSR count). The lowest BCUT2D eigenvalue weighted by Gasteiger charge is -2.35. The molecule has 2 N–H and O–H groups in total. The van der Waals surface area contributed by atoms with Crippen LogP contribution in [0.1, 0.15) is 18.9 Å². The third-order valence-corrected chi connectivity index (χ3v) is 3.46. The highest BCUT2D eigenvalue weighted by Gasteiger charge is 2.29. The maximum absolute atomic E-state index is 5.92. The summed E-state index contributed by atoms with van der Waals surface area (Å²) in [6.07, 6.45) is 3.18. The molecule has 0 saturated heterocycles. The first-order chi connectivity index (χ1) is 9.78. The molecule has 0 spiro atoms. The molecular formula is C15H19N5. The van der Waals surface area contributed by atoms with Gasteiger partial charge in [0.2, 0.25) is 0 Å². The quantitative estimate of drug-likeness (QED) is 0.905. The van der Waals surface area contributed by atoms with Gasteiger partial charge in [-0.1, -0.05) is 37.3 Å². The van der Waals surface area contributed by atoms with Crippen molar-refractivity contribution in [1.29, 1.82) is 0 Å². The van der Waals surface area contributed by atoms with E-state index in [0.717, 1.165) is 37.6 Å². The second-order valence-corrected chi connectivity index (χ2v) is 5.09. The summed E-state index contributed by atoms with van der Waals surface area (Å²) in [6.45, 7) is 4.83. The van der Waals surface area contributed by atoms with Gasteiger partial charge in [0, 0.05) is 19.3 Å². The third-order valence-electron chi connectivity index (χ3n) is 3.46. The molecule has 20 heavy (non-hydrogen) atoms. The number of amidine groups is 2. The molecule has 2 heterocycles. The third kappa shape index (κ3) is 2.39. The van der Waals surface area contributed by atoms with E-state index in [1.807, 2.05) is 6.07 Å². The lowest BCUT2D eigenvalue weighted by Crippen LogP contribution is -2.45. The van der Waals surface area contributed by atoms with Crippen molar-refractivity contribution in [2.75, 3.05) is 13.2 Å². The smallest absolute Gasteiger partial charge is 0.165 e. The van der Waals surface area contributed by atoms with Gasteiger partial charge in [0.1, 0.15) is 0 Å². The summed E-state index contributed by atoms with van der Waals surface area (Å²) in [5, 5.41) is 8.23. The van der Waals surface area contributed by atoms with Crippen LogP contribution < -0.4 is 5.73 Å². The van der Waals surface area contributed by atoms with Crippen molar-refractivity contribution in [3.63, 3.8) is 0 Å². The van der Waals surface area contributed by atoms with Gasteiger partial charge in [0.25, 0.3) is 0 Å². The summed E-state index contributed by atoms with van der Waals surface area (Å²) in [5.74, 6) is 1.40. The summed E-state index contributed by atoms with van der Waals surface area (Å²) in [4.78, 5) is 4.49. The lowest BCUT2D eigenvalue weighted by atomic mass is 10.1. The molecule has 0 fully saturated rings. The Morgan fingerprint density at radius 1 is 1.20 bits per heavy atom. The van der Waals surface area contributed by atoms with Crippen LogP contribution in [0.15, 0.2) is 52.3 Å². The number of nitrogens with zero attached hydrogens (tertiary/aromatic N) is 4. The van der Waals surface area contributed by atoms with E-state index in [2.05, 4.69) is 57.4 Å². The van der Waals surface area contributed by atoms with Gasteiger partial charge in [-0.3, -0.25) is 0 Å². The van der Waals surface area contributed by atoms with E-state index in [-0.39, 0.29) is 0 Å². The Kier molecular flexibility index (Phi) is 3.41. The molecular weight excluding hydrogens is 250 g/mol. The van der Waals surface area contributed by atoms with Crippen molar-refractivity contribution in [2.45, 2.75) is 19.9 Å². The van der Waals surface area contributed by atoms with Gasteiger partial charge < -0.3 is 15.5 Å². The number of hydrogen-bond acceptors (Lipinski definition) is 5. The van der Waals surface area contributed by atoms with E-state index in [1.54, 1.807) is 0 Å². The number of fused-ring (bicyclic) bond motifs is 1. The summed E-state index contributed by atoms with van der Waals surface area (Å²) in [7, 11) is 0. The molecule has 0 radical (unpaired) electrons. The SMILES string of the molecule is CCCN1C=C2C(N)=NN=C2N(Cc2ccccc2)C1. The van der Waals surface area contributed by atoms with E-state index >= 15 is 0 Å². The van der Waals surface area contributed by atoms with E-state index in [9.17, 15) is 0 Å². The Morgan fingerprint density at radius 2 is 2.00 bits per heavy atom. The van der Waals surface area contributed by atoms with Crippen LogP contribution >= 0.6 is 0 Å². The van der Waals surface area contributed by atoms with Crippen molar-refractivity contribution < 1.29 is 0 Å². The Hall–Kier alpha value is -2.30. The molecule has 1 aromatic rings. The highest BCUT2D eigenvalue weighted by molar-refractivity contribution is 6.24. The van der Waals surface area contributed by atoms with Crippen LogP contribution in [-0.2, 0) is 6.54 Å². The number of benzene rings is 1. The first kappa shape index (κ1) is 12.7. The van der Waals surface area contributed by atoms with E-state index < -0.39 is 0 Å². The van der Waals surface area contributed by atoms with Crippen molar-refractivity contribution in [2.24, 2.45) is 15.9 Å². The van der Waals surface area contributed by atoms with Crippen LogP contribution in [0, 0.1) is 0 Å². The Labute approximate surface area is 119 Å². The molecule has 104 valence electrons. The molecule has 1 aromatic carbocycles. The molecule has 5 nitrogen and oxygen atoms in total. The van der Waals surface area contributed by atoms with Crippen LogP contribution in [0.5, 0.6) is 0 Å². The Balaban J connectivity index is 1.83. The summed E-state index contributed by atoms with van der Waals surface area (Å²) in [5.41, 5.74) is 8.12. The number of nitrogens with two attached hydrogens (primary N) is 1. The van der Waals surface area contributed by atoms with Crippen molar-refractivity contribution in [3.8, 4) is 0 Å². The standard InChI is InChI=1S/C15H19N5/c1-2-8-19-10-13-14(16)17-18-15(13)20(11-19)9-12-6-4-3-5-7-12/h3-7,10H,2,8-9,11H2,1H3,(H2,16,17). The van der Waals surface area contributed by atoms with Gasteiger partial charge in [0.15, 0.2) is 11.7 Å². The summed E-state index contributed by atoms with van der Waals surface area (Å²) in [6, 6.07) is 10.4. The molecule has 0 bridgehead atoms. The zero-order valence-electron chi connectivity index (χ0n) is 11.7. The molecule has 0 unspecified atom stereocenters. The van der Waals surface area contributed by atoms with E-state index in [0.29, 0.717) is 5.84 Å². The molecule has 0 atom stereocenters. The van der Waals surface area contributed by atoms with Crippen LogP contribution in [0.3, 0.4) is 0 Å². The zero-order chi connectivity index (χ0) is 13.9. The molecule has 0 aliphatic carbocycles. The average molecular weight is 269 g/mol. The number of hydrogen-bond donors (Lipinski definition) is 1. The maximum atomic E-state index is 5.92. The van der Waals surface area contributed by atoms with Gasteiger partial charge in [-0.2, -0.15) is 0 Å². The van der Waals surface area contributed by atoms with Crippen LogP contribution in [0.2, 0.25) is 0 Å². The lowest BCUT2D eigenvalue weighted by molar-refractivity contribution is 0.232. The monoisotopic (exact) mass is 269 g/mol. The van der Waals surface area contributed by atoms with Gasteiger partial charge in [-0.15, -0.1) is 10.2 Å². The van der Waals surface area contributed by atoms with Gasteiger partial charge in [0.05, 0.1) is 12.2 Å². The van der Waals surface area contributed by atoms with Gasteiger partial charge in [-0.05, 0) is 12.0 Å². The minimum Gasteiger partial charge on any atom is -0.382 e. The summed E-state index contributed by atoms with van der Waals surface area (Å²) >= 11 is 0. The van der Waals surface area contributed by atoms with Gasteiger partial charge >= 0.3 is 0 Å². The normalized spacial score (nSPS) is 17.6. The molecule has 2 aliphatic rings. The molecule has 0 aromatic heterocycles. The Morgan fingerprint density at radius 3 is 2.75 bits per heavy atom. The van der Waals surface area contributed by atoms with Crippen LogP contribution in [0.4, 0.5) is 0 Å². The first-order valence-corrected chi connectivity index (χ1v) is 6.94. The van der Waals surface area contributed by atoms with E-state index in [1.165, 1.54) is 5.56 Å². The topological polar surface area (TPSA) is 57.2 Å². The second kappa shape index (κ2) is 5.36. The predicted molar refractivity (Wildman–Crippen MR) is 81.0 cm³/mol. The first-order valence-electron chi connectivity index (χ1n) is 6.94. The zero-order valence-corrected chi connectivity index (χ0v) is 11.7. The molecule has 2 aliphatic heterocycles. The van der Waals surface area contributed by atoms with Crippen molar-refractivity contribution in [3.05, 3.63) is 47.7 Å². The number of rotatable bonds is 4.